The van der Waals surface area contributed by atoms with E-state index in [0.717, 1.165) is 6.07 Å². The zero-order valence-corrected chi connectivity index (χ0v) is 7.40. The number of carbonyl (C=O) groups is 1. The van der Waals surface area contributed by atoms with Crippen LogP contribution in [0.1, 0.15) is 0 Å². The fourth-order valence-electron chi connectivity index (χ4n) is 0.720. The Kier molecular flexibility index (Phi) is 5.01. The molecule has 0 fully saturated rings. The van der Waals surface area contributed by atoms with Crippen molar-refractivity contribution in [2.45, 2.75) is 0 Å². The number of benzene rings is 1. The van der Waals surface area contributed by atoms with E-state index in [4.69, 9.17) is 4.79 Å². The minimum atomic E-state index is -0.674. The Morgan fingerprint density at radius 1 is 1.13 bits per heavy atom. The van der Waals surface area contributed by atoms with Crippen LogP contribution < -0.4 is 5.73 Å². The normalized spacial score (nSPS) is 8.27. The Bertz CT molecular complexity index is 349. The van der Waals surface area contributed by atoms with E-state index in [0.29, 0.717) is 0 Å². The molecule has 8 nitrogen and oxygen atoms in total. The number of amides is 1. The minimum absolute atomic E-state index is 0.250. The van der Waals surface area contributed by atoms with Crippen molar-refractivity contribution in [3.05, 3.63) is 44.5 Å². The van der Waals surface area contributed by atoms with Crippen molar-refractivity contribution in [1.82, 2.24) is 0 Å². The van der Waals surface area contributed by atoms with Crippen LogP contribution in [-0.4, -0.2) is 16.3 Å². The van der Waals surface area contributed by atoms with Gasteiger partial charge in [-0.2, -0.15) is 0 Å². The Hall–Kier alpha value is -2.51. The molecule has 1 rings (SSSR count). The van der Waals surface area contributed by atoms with Crippen LogP contribution in [0.15, 0.2) is 24.3 Å². The third-order valence-corrected chi connectivity index (χ3v) is 1.25. The molecular formula is C7H7N3O5. The Morgan fingerprint density at radius 3 is 1.73 bits per heavy atom. The Balaban J connectivity index is 0.000000583. The number of rotatable bonds is 2. The molecule has 0 heterocycles. The smallest absolute Gasteiger partial charge is 0.276 e. The molecule has 0 radical (unpaired) electrons. The van der Waals surface area contributed by atoms with E-state index in [1.165, 1.54) is 18.2 Å². The van der Waals surface area contributed by atoms with E-state index in [9.17, 15) is 20.2 Å². The lowest BCUT2D eigenvalue weighted by atomic mass is 10.3. The van der Waals surface area contributed by atoms with Gasteiger partial charge in [0.1, 0.15) is 0 Å². The first kappa shape index (κ1) is 12.5. The van der Waals surface area contributed by atoms with Crippen molar-refractivity contribution < 1.29 is 14.6 Å². The van der Waals surface area contributed by atoms with Crippen molar-refractivity contribution in [2.75, 3.05) is 0 Å². The first-order chi connectivity index (χ1) is 7.02. The van der Waals surface area contributed by atoms with Gasteiger partial charge >= 0.3 is 0 Å². The molecule has 0 aliphatic carbocycles. The standard InChI is InChI=1S/C6H4N2O4.CH3NO/c9-7(10)5-2-1-3-6(4-5)8(11)12;2-1-3/h1-4H;1H,(H2,2,3). The van der Waals surface area contributed by atoms with E-state index < -0.39 is 9.85 Å². The number of nitro benzene ring substituents is 2. The van der Waals surface area contributed by atoms with E-state index in [-0.39, 0.29) is 17.8 Å². The Morgan fingerprint density at radius 2 is 1.47 bits per heavy atom. The summed E-state index contributed by atoms with van der Waals surface area (Å²) in [5.74, 6) is 0. The maximum atomic E-state index is 10.2. The zero-order chi connectivity index (χ0) is 11.8. The topological polar surface area (TPSA) is 129 Å². The molecule has 0 saturated carbocycles. The molecule has 8 heteroatoms. The van der Waals surface area contributed by atoms with Crippen molar-refractivity contribution in [3.63, 3.8) is 0 Å². The number of hydrogen-bond donors (Lipinski definition) is 1. The van der Waals surface area contributed by atoms with Gasteiger partial charge in [0.15, 0.2) is 0 Å². The van der Waals surface area contributed by atoms with Crippen LogP contribution in [0.3, 0.4) is 0 Å². The fourth-order valence-corrected chi connectivity index (χ4v) is 0.720. The SMILES string of the molecule is NC=O.O=[N+]([O-])c1cccc([N+](=O)[O-])c1. The van der Waals surface area contributed by atoms with Gasteiger partial charge in [-0.15, -0.1) is 0 Å². The van der Waals surface area contributed by atoms with E-state index >= 15 is 0 Å². The summed E-state index contributed by atoms with van der Waals surface area (Å²) in [4.78, 5) is 27.6. The van der Waals surface area contributed by atoms with Crippen LogP contribution in [0.25, 0.3) is 0 Å². The summed E-state index contributed by atoms with van der Waals surface area (Å²) in [6.45, 7) is 0. The summed E-state index contributed by atoms with van der Waals surface area (Å²) >= 11 is 0. The van der Waals surface area contributed by atoms with Gasteiger partial charge < -0.3 is 5.73 Å². The van der Waals surface area contributed by atoms with Crippen molar-refractivity contribution >= 4 is 17.8 Å². The highest BCUT2D eigenvalue weighted by atomic mass is 16.6. The molecule has 80 valence electrons. The summed E-state index contributed by atoms with van der Waals surface area (Å²) in [6.07, 6.45) is 0.250. The monoisotopic (exact) mass is 213 g/mol. The van der Waals surface area contributed by atoms with E-state index in [1.54, 1.807) is 0 Å². The number of nitrogens with two attached hydrogens (primary N) is 1. The molecule has 15 heavy (non-hydrogen) atoms. The number of nitro groups is 2. The average Bonchev–Trinajstić information content (AvgIpc) is 2.19. The lowest BCUT2D eigenvalue weighted by Gasteiger charge is -1.90. The predicted molar refractivity (Wildman–Crippen MR) is 50.0 cm³/mol. The summed E-state index contributed by atoms with van der Waals surface area (Å²) < 4.78 is 0. The molecule has 0 aliphatic heterocycles. The summed E-state index contributed by atoms with van der Waals surface area (Å²) in [7, 11) is 0. The van der Waals surface area contributed by atoms with Crippen molar-refractivity contribution in [2.24, 2.45) is 5.73 Å². The molecule has 0 spiro atoms. The fraction of sp³-hybridized carbons (Fsp3) is 0. The summed E-state index contributed by atoms with van der Waals surface area (Å²) in [6, 6.07) is 4.59. The summed E-state index contributed by atoms with van der Waals surface area (Å²) in [5.41, 5.74) is 3.62. The second kappa shape index (κ2) is 6.02. The maximum Gasteiger partial charge on any atom is 0.276 e. The molecule has 0 atom stereocenters. The van der Waals surface area contributed by atoms with Crippen LogP contribution in [0.2, 0.25) is 0 Å². The van der Waals surface area contributed by atoms with Crippen LogP contribution in [0.5, 0.6) is 0 Å². The number of nitrogens with zero attached hydrogens (tertiary/aromatic N) is 2. The summed E-state index contributed by atoms with van der Waals surface area (Å²) in [5, 5.41) is 20.3. The Labute approximate surface area is 83.6 Å². The van der Waals surface area contributed by atoms with Crippen molar-refractivity contribution in [3.8, 4) is 0 Å². The lowest BCUT2D eigenvalue weighted by Crippen LogP contribution is -1.91. The van der Waals surface area contributed by atoms with Crippen LogP contribution in [0, 0.1) is 20.2 Å². The highest BCUT2D eigenvalue weighted by molar-refractivity contribution is 5.42. The average molecular weight is 213 g/mol. The molecular weight excluding hydrogens is 206 g/mol. The van der Waals surface area contributed by atoms with Gasteiger partial charge in [-0.1, -0.05) is 0 Å². The molecule has 1 aromatic rings. The molecule has 0 aliphatic rings. The second-order valence-electron chi connectivity index (χ2n) is 2.17. The minimum Gasteiger partial charge on any atom is -0.372 e. The van der Waals surface area contributed by atoms with Crippen LogP contribution >= 0.6 is 0 Å². The number of non-ortho nitro benzene ring substituents is 2. The quantitative estimate of drug-likeness (QED) is 0.436. The van der Waals surface area contributed by atoms with E-state index in [2.05, 4.69) is 5.73 Å². The molecule has 0 bridgehead atoms. The molecule has 0 unspecified atom stereocenters. The van der Waals surface area contributed by atoms with Gasteiger partial charge in [-0.3, -0.25) is 25.0 Å². The van der Waals surface area contributed by atoms with Crippen molar-refractivity contribution in [1.29, 1.82) is 0 Å². The molecule has 1 amide bonds. The first-order valence-corrected chi connectivity index (χ1v) is 3.57. The van der Waals surface area contributed by atoms with Crippen LogP contribution in [-0.2, 0) is 4.79 Å². The predicted octanol–water partition coefficient (Wildman–Crippen LogP) is 0.605. The maximum absolute atomic E-state index is 10.2. The number of carbonyl (C=O) groups excluding carboxylic acids is 1. The van der Waals surface area contributed by atoms with E-state index in [1.807, 2.05) is 0 Å². The van der Waals surface area contributed by atoms with Gasteiger partial charge in [-0.05, 0) is 6.07 Å². The molecule has 0 saturated heterocycles. The zero-order valence-electron chi connectivity index (χ0n) is 7.40. The van der Waals surface area contributed by atoms with Gasteiger partial charge in [0.25, 0.3) is 11.4 Å². The highest BCUT2D eigenvalue weighted by Crippen LogP contribution is 2.18. The molecule has 0 aromatic heterocycles. The number of primary amides is 1. The number of hydrogen-bond acceptors (Lipinski definition) is 5. The molecule has 1 aromatic carbocycles. The highest BCUT2D eigenvalue weighted by Gasteiger charge is 2.11. The van der Waals surface area contributed by atoms with Gasteiger partial charge in [0.05, 0.1) is 15.9 Å². The third kappa shape index (κ3) is 4.31. The molecule has 2 N–H and O–H groups in total. The second-order valence-corrected chi connectivity index (χ2v) is 2.17. The largest absolute Gasteiger partial charge is 0.372 e. The lowest BCUT2D eigenvalue weighted by molar-refractivity contribution is -0.394. The van der Waals surface area contributed by atoms with Crippen LogP contribution in [0.4, 0.5) is 11.4 Å². The first-order valence-electron chi connectivity index (χ1n) is 3.57. The van der Waals surface area contributed by atoms with Gasteiger partial charge in [-0.25, -0.2) is 0 Å². The van der Waals surface area contributed by atoms with Gasteiger partial charge in [0, 0.05) is 12.1 Å². The van der Waals surface area contributed by atoms with Gasteiger partial charge in [0.2, 0.25) is 6.41 Å². The third-order valence-electron chi connectivity index (χ3n) is 1.25.